The number of aryl methyl sites for hydroxylation is 6. The molecule has 6 aromatic heterocycles. The van der Waals surface area contributed by atoms with Crippen LogP contribution in [-0.4, -0.2) is 157 Å². The van der Waals surface area contributed by atoms with Gasteiger partial charge < -0.3 is 32.3 Å². The van der Waals surface area contributed by atoms with Gasteiger partial charge in [-0.2, -0.15) is 59.8 Å². The predicted octanol–water partition coefficient (Wildman–Crippen LogP) is 8.62. The van der Waals surface area contributed by atoms with E-state index in [2.05, 4.69) is 110 Å². The lowest BCUT2D eigenvalue weighted by molar-refractivity contribution is 0.714. The molecule has 0 saturated carbocycles. The number of nitrogens with zero attached hydrogens (tertiary/aromatic N) is 18. The minimum absolute atomic E-state index is 0.247. The van der Waals surface area contributed by atoms with Gasteiger partial charge in [-0.05, 0) is 73.0 Å². The van der Waals surface area contributed by atoms with Crippen LogP contribution in [0.25, 0.3) is 0 Å². The monoisotopic (exact) mass is 1190 g/mol. The molecule has 0 aliphatic rings. The Kier molecular flexibility index (Phi) is 29.0. The van der Waals surface area contributed by atoms with E-state index in [1.54, 1.807) is 70.6 Å². The van der Waals surface area contributed by atoms with E-state index >= 15 is 0 Å². The number of nitrogens with one attached hydrogen (secondary N) is 5. The van der Waals surface area contributed by atoms with Crippen LogP contribution in [0, 0.1) is 0 Å². The van der Waals surface area contributed by atoms with Gasteiger partial charge in [0.1, 0.15) is 34.9 Å². The van der Waals surface area contributed by atoms with Gasteiger partial charge >= 0.3 is 0 Å². The van der Waals surface area contributed by atoms with Crippen molar-refractivity contribution in [2.45, 2.75) is 163 Å². The summed E-state index contributed by atoms with van der Waals surface area (Å²) in [5.74, 6) is 12.8. The molecular formula is C49H76N24S6. The summed E-state index contributed by atoms with van der Waals surface area (Å²) in [5, 5.41) is 21.3. The molecule has 0 aromatic carbocycles. The molecule has 0 unspecified atom stereocenters. The van der Waals surface area contributed by atoms with Crippen LogP contribution in [0.15, 0.2) is 30.9 Å². The summed E-state index contributed by atoms with van der Waals surface area (Å²) >= 11 is 9.57. The molecule has 0 amide bonds. The third kappa shape index (κ3) is 23.9. The lowest BCUT2D eigenvalue weighted by Gasteiger charge is -2.11. The molecular weight excluding hydrogens is 1120 g/mol. The van der Waals surface area contributed by atoms with Gasteiger partial charge in [0.25, 0.3) is 0 Å². The highest BCUT2D eigenvalue weighted by atomic mass is 32.2. The molecule has 0 spiro atoms. The van der Waals surface area contributed by atoms with E-state index in [0.29, 0.717) is 126 Å². The van der Waals surface area contributed by atoms with Gasteiger partial charge in [0.2, 0.25) is 35.7 Å². The molecule has 79 heavy (non-hydrogen) atoms. The number of hydrogen-bond acceptors (Lipinski definition) is 30. The summed E-state index contributed by atoms with van der Waals surface area (Å²) in [6.45, 7) is 17.9. The fourth-order valence-electron chi connectivity index (χ4n) is 7.20. The number of anilines is 6. The molecule has 6 heterocycles. The van der Waals surface area contributed by atoms with Crippen molar-refractivity contribution in [1.29, 1.82) is 0 Å². The zero-order valence-electron chi connectivity index (χ0n) is 46.5. The Morgan fingerprint density at radius 1 is 0.266 bits per heavy atom. The van der Waals surface area contributed by atoms with Crippen LogP contribution in [0.1, 0.15) is 128 Å². The predicted molar refractivity (Wildman–Crippen MR) is 324 cm³/mol. The van der Waals surface area contributed by atoms with Crippen molar-refractivity contribution in [1.82, 2.24) is 89.7 Å². The lowest BCUT2D eigenvalue weighted by atomic mass is 10.2. The molecule has 7 N–H and O–H groups in total. The van der Waals surface area contributed by atoms with E-state index in [0.717, 1.165) is 120 Å². The van der Waals surface area contributed by atoms with Crippen LogP contribution in [0.3, 0.4) is 0 Å². The second-order valence-electron chi connectivity index (χ2n) is 17.0. The van der Waals surface area contributed by atoms with Crippen molar-refractivity contribution < 1.29 is 0 Å². The first-order chi connectivity index (χ1) is 38.7. The summed E-state index contributed by atoms with van der Waals surface area (Å²) in [4.78, 5) is 83.8. The average Bonchev–Trinajstić information content (AvgIpc) is 3.44. The summed E-state index contributed by atoms with van der Waals surface area (Å²) in [6.07, 6.45) is 10.2. The largest absolute Gasteiger partial charge is 0.368 e. The maximum Gasteiger partial charge on any atom is 0.226 e. The Hall–Kier alpha value is -5.04. The SMILES string of the molecule is CCCCc1nc(NCCCc2nc(NCCCc3nc(NCCCc4nc(NCCCc5nc(NCCCc6nc(N)nc(SCC)n6)nc(SCC)n5)nc(SCC)n4)nc(SCC)n3)nc(SCC)n2)nc(SCC)n1. The first kappa shape index (κ1) is 63.1. The topological polar surface area (TPSA) is 318 Å². The summed E-state index contributed by atoms with van der Waals surface area (Å²) in [5.41, 5.74) is 5.91. The smallest absolute Gasteiger partial charge is 0.226 e. The summed E-state index contributed by atoms with van der Waals surface area (Å²) in [6, 6.07) is 0. The van der Waals surface area contributed by atoms with Crippen LogP contribution < -0.4 is 32.3 Å². The van der Waals surface area contributed by atoms with Crippen LogP contribution in [0.5, 0.6) is 0 Å². The third-order valence-electron chi connectivity index (χ3n) is 10.7. The maximum absolute atomic E-state index is 5.91. The van der Waals surface area contributed by atoms with E-state index in [9.17, 15) is 0 Å². The molecule has 0 aliphatic carbocycles. The van der Waals surface area contributed by atoms with Gasteiger partial charge in [-0.25, -0.2) is 29.9 Å². The van der Waals surface area contributed by atoms with Crippen LogP contribution in [0.2, 0.25) is 0 Å². The summed E-state index contributed by atoms with van der Waals surface area (Å²) < 4.78 is 0. The van der Waals surface area contributed by atoms with Crippen molar-refractivity contribution in [2.24, 2.45) is 0 Å². The molecule has 428 valence electrons. The molecule has 0 fully saturated rings. The van der Waals surface area contributed by atoms with Gasteiger partial charge in [-0.15, -0.1) is 0 Å². The second kappa shape index (κ2) is 36.3. The zero-order valence-corrected chi connectivity index (χ0v) is 51.4. The number of thioether (sulfide) groups is 6. The normalized spacial score (nSPS) is 11.3. The quantitative estimate of drug-likeness (QED) is 0.0155. The van der Waals surface area contributed by atoms with Gasteiger partial charge in [-0.1, -0.05) is 125 Å². The fraction of sp³-hybridized carbons (Fsp3) is 0.633. The standard InChI is InChI=1S/C49H76N24S6/c1-8-15-21-33-57-39(69-45(63-33)75-10-3)52-28-17-23-35-59-41(71-47(65-35)77-12-5)54-30-19-25-37-61-43(73-49(67-37)79-14-7)55-31-20-26-36-60-42(72-48(66-36)78-13-6)53-29-18-24-34-58-40(70-46(64-34)76-11-4)51-27-16-22-32-56-38(50)68-44(62-32)74-9-2/h8-31H2,1-7H3,(H2,50,56,62,68)(H,51,58,64,70)(H,52,57,63,69)(H,53,60,66,72)(H,54,59,65,71)(H,55,61,67,73). The van der Waals surface area contributed by atoms with Gasteiger partial charge in [-0.3, -0.25) is 0 Å². The van der Waals surface area contributed by atoms with Crippen molar-refractivity contribution >= 4 is 106 Å². The number of hydrogen-bond donors (Lipinski definition) is 6. The first-order valence-electron chi connectivity index (χ1n) is 27.4. The number of unbranched alkanes of at least 4 members (excludes halogenated alkanes) is 1. The number of nitrogen functional groups attached to an aromatic ring is 1. The average molecular weight is 1190 g/mol. The van der Waals surface area contributed by atoms with E-state index in [1.807, 2.05) is 0 Å². The molecule has 0 aliphatic heterocycles. The summed E-state index contributed by atoms with van der Waals surface area (Å²) in [7, 11) is 0. The highest BCUT2D eigenvalue weighted by molar-refractivity contribution is 8.00. The Labute approximate surface area is 490 Å². The molecule has 0 saturated heterocycles. The number of rotatable bonds is 40. The van der Waals surface area contributed by atoms with Crippen molar-refractivity contribution in [2.75, 3.05) is 99.6 Å². The maximum atomic E-state index is 5.91. The molecule has 0 atom stereocenters. The number of aromatic nitrogens is 18. The van der Waals surface area contributed by atoms with Gasteiger partial charge in [0, 0.05) is 71.2 Å². The molecule has 0 radical (unpaired) electrons. The van der Waals surface area contributed by atoms with E-state index in [1.165, 1.54) is 0 Å². The Bertz CT molecular complexity index is 2750. The van der Waals surface area contributed by atoms with Crippen molar-refractivity contribution in [3.63, 3.8) is 0 Å². The van der Waals surface area contributed by atoms with Gasteiger partial charge in [0.15, 0.2) is 30.9 Å². The molecule has 6 aromatic rings. The number of nitrogens with two attached hydrogens (primary N) is 1. The second-order valence-corrected chi connectivity index (χ2v) is 24.4. The molecule has 24 nitrogen and oxygen atoms in total. The van der Waals surface area contributed by atoms with Gasteiger partial charge in [0.05, 0.1) is 0 Å². The highest BCUT2D eigenvalue weighted by Crippen LogP contribution is 2.21. The fourth-order valence-corrected chi connectivity index (χ4v) is 10.7. The highest BCUT2D eigenvalue weighted by Gasteiger charge is 2.14. The van der Waals surface area contributed by atoms with Crippen LogP contribution in [0.4, 0.5) is 35.7 Å². The Morgan fingerprint density at radius 3 is 0.709 bits per heavy atom. The van der Waals surface area contributed by atoms with E-state index in [4.69, 9.17) is 60.6 Å². The zero-order chi connectivity index (χ0) is 55.9. The van der Waals surface area contributed by atoms with Crippen molar-refractivity contribution in [3.05, 3.63) is 34.9 Å². The minimum atomic E-state index is 0.247. The first-order valence-corrected chi connectivity index (χ1v) is 33.3. The van der Waals surface area contributed by atoms with Crippen LogP contribution >= 0.6 is 70.6 Å². The Balaban J connectivity index is 0.950. The lowest BCUT2D eigenvalue weighted by Crippen LogP contribution is -2.14. The van der Waals surface area contributed by atoms with Crippen molar-refractivity contribution in [3.8, 4) is 0 Å². The molecule has 0 bridgehead atoms. The third-order valence-corrected chi connectivity index (χ3v) is 15.1. The molecule has 6 rings (SSSR count). The minimum Gasteiger partial charge on any atom is -0.368 e. The Morgan fingerprint density at radius 2 is 0.481 bits per heavy atom. The molecule has 30 heteroatoms. The van der Waals surface area contributed by atoms with E-state index in [-0.39, 0.29) is 5.95 Å². The van der Waals surface area contributed by atoms with Crippen LogP contribution in [-0.2, 0) is 38.5 Å². The van der Waals surface area contributed by atoms with E-state index < -0.39 is 0 Å².